The van der Waals surface area contributed by atoms with E-state index in [0.29, 0.717) is 11.7 Å². The van der Waals surface area contributed by atoms with Crippen LogP contribution in [0.4, 0.5) is 5.82 Å². The fourth-order valence-electron chi connectivity index (χ4n) is 1.26. The molecule has 0 amide bonds. The van der Waals surface area contributed by atoms with Crippen molar-refractivity contribution in [2.75, 3.05) is 5.43 Å². The summed E-state index contributed by atoms with van der Waals surface area (Å²) in [5.74, 6) is 6.63. The Morgan fingerprint density at radius 3 is 2.56 bits per heavy atom. The molecule has 0 aliphatic rings. The highest BCUT2D eigenvalue weighted by Crippen LogP contribution is 2.26. The molecule has 0 fully saturated rings. The van der Waals surface area contributed by atoms with Crippen LogP contribution in [0.25, 0.3) is 0 Å². The molecule has 0 saturated heterocycles. The normalized spacial score (nSPS) is 11.3. The summed E-state index contributed by atoms with van der Waals surface area (Å²) in [7, 11) is 0. The highest BCUT2D eigenvalue weighted by atomic mass is 16.5. The van der Waals surface area contributed by atoms with Crippen molar-refractivity contribution in [3.8, 4) is 5.88 Å². The Morgan fingerprint density at radius 1 is 1.38 bits per heavy atom. The molecular weight excluding hydrogens is 204 g/mol. The van der Waals surface area contributed by atoms with Crippen LogP contribution in [-0.4, -0.2) is 15.6 Å². The number of anilines is 1. The van der Waals surface area contributed by atoms with E-state index in [1.807, 2.05) is 20.8 Å². The Bertz CT molecular complexity index is 352. The Kier molecular flexibility index (Phi) is 4.06. The molecule has 3 N–H and O–H groups in total. The Labute approximate surface area is 96.4 Å². The third-order valence-corrected chi connectivity index (χ3v) is 2.62. The molecule has 1 heterocycles. The van der Waals surface area contributed by atoms with Crippen LogP contribution in [0.15, 0.2) is 6.33 Å². The van der Waals surface area contributed by atoms with Gasteiger partial charge in [-0.1, -0.05) is 13.8 Å². The van der Waals surface area contributed by atoms with Crippen LogP contribution in [0, 0.1) is 0 Å². The Balaban J connectivity index is 3.04. The standard InChI is InChI=1S/C11H20N4O/c1-5-8-9(15-12)13-7-14-10(8)16-11(3,4)6-2/h7H,5-6,12H2,1-4H3,(H,13,14,15). The minimum absolute atomic E-state index is 0.232. The number of rotatable bonds is 5. The average molecular weight is 224 g/mol. The topological polar surface area (TPSA) is 73.1 Å². The first kappa shape index (κ1) is 12.7. The molecule has 0 aromatic carbocycles. The van der Waals surface area contributed by atoms with E-state index < -0.39 is 0 Å². The third-order valence-electron chi connectivity index (χ3n) is 2.62. The van der Waals surface area contributed by atoms with Crippen molar-refractivity contribution in [3.05, 3.63) is 11.9 Å². The molecule has 0 spiro atoms. The van der Waals surface area contributed by atoms with E-state index in [2.05, 4.69) is 22.3 Å². The van der Waals surface area contributed by atoms with Crippen LogP contribution in [0.1, 0.15) is 39.7 Å². The number of ether oxygens (including phenoxy) is 1. The smallest absolute Gasteiger partial charge is 0.222 e. The molecule has 16 heavy (non-hydrogen) atoms. The van der Waals surface area contributed by atoms with E-state index in [1.165, 1.54) is 6.33 Å². The summed E-state index contributed by atoms with van der Waals surface area (Å²) in [5, 5.41) is 0. The van der Waals surface area contributed by atoms with Gasteiger partial charge >= 0.3 is 0 Å². The van der Waals surface area contributed by atoms with Crippen LogP contribution in [0.3, 0.4) is 0 Å². The van der Waals surface area contributed by atoms with Gasteiger partial charge in [-0.05, 0) is 26.7 Å². The van der Waals surface area contributed by atoms with E-state index in [0.717, 1.165) is 18.4 Å². The number of hydrazine groups is 1. The quantitative estimate of drug-likeness (QED) is 0.590. The molecule has 0 bridgehead atoms. The van der Waals surface area contributed by atoms with E-state index in [-0.39, 0.29) is 5.60 Å². The zero-order valence-electron chi connectivity index (χ0n) is 10.4. The van der Waals surface area contributed by atoms with Gasteiger partial charge in [0.15, 0.2) is 0 Å². The van der Waals surface area contributed by atoms with Gasteiger partial charge in [-0.25, -0.2) is 15.8 Å². The molecule has 0 radical (unpaired) electrons. The zero-order valence-corrected chi connectivity index (χ0v) is 10.4. The van der Waals surface area contributed by atoms with Gasteiger partial charge in [-0.15, -0.1) is 0 Å². The summed E-state index contributed by atoms with van der Waals surface area (Å²) in [4.78, 5) is 8.22. The minimum atomic E-state index is -0.232. The second-order valence-corrected chi connectivity index (χ2v) is 4.22. The van der Waals surface area contributed by atoms with E-state index >= 15 is 0 Å². The van der Waals surface area contributed by atoms with Crippen LogP contribution >= 0.6 is 0 Å². The van der Waals surface area contributed by atoms with Crippen molar-refractivity contribution < 1.29 is 4.74 Å². The van der Waals surface area contributed by atoms with Gasteiger partial charge in [-0.2, -0.15) is 0 Å². The van der Waals surface area contributed by atoms with Gasteiger partial charge in [0.1, 0.15) is 17.7 Å². The molecule has 1 aromatic heterocycles. The maximum atomic E-state index is 5.87. The Morgan fingerprint density at radius 2 is 2.06 bits per heavy atom. The molecule has 1 rings (SSSR count). The largest absolute Gasteiger partial charge is 0.471 e. The number of nitrogens with two attached hydrogens (primary N) is 1. The highest BCUT2D eigenvalue weighted by Gasteiger charge is 2.20. The number of nitrogens with zero attached hydrogens (tertiary/aromatic N) is 2. The van der Waals surface area contributed by atoms with Crippen LogP contribution in [-0.2, 0) is 6.42 Å². The van der Waals surface area contributed by atoms with E-state index in [9.17, 15) is 0 Å². The molecule has 0 unspecified atom stereocenters. The molecule has 5 heteroatoms. The maximum Gasteiger partial charge on any atom is 0.222 e. The second-order valence-electron chi connectivity index (χ2n) is 4.22. The van der Waals surface area contributed by atoms with Crippen LogP contribution < -0.4 is 16.0 Å². The lowest BCUT2D eigenvalue weighted by Gasteiger charge is -2.25. The predicted molar refractivity (Wildman–Crippen MR) is 64.2 cm³/mol. The predicted octanol–water partition coefficient (Wildman–Crippen LogP) is 1.89. The number of hydrogen-bond donors (Lipinski definition) is 2. The van der Waals surface area contributed by atoms with Gasteiger partial charge in [0, 0.05) is 0 Å². The minimum Gasteiger partial charge on any atom is -0.471 e. The van der Waals surface area contributed by atoms with E-state index in [4.69, 9.17) is 10.6 Å². The SMILES string of the molecule is CCc1c(NN)ncnc1OC(C)(C)CC. The summed E-state index contributed by atoms with van der Waals surface area (Å²) in [6.07, 6.45) is 3.14. The fraction of sp³-hybridized carbons (Fsp3) is 0.636. The third kappa shape index (κ3) is 2.82. The van der Waals surface area contributed by atoms with Crippen molar-refractivity contribution >= 4 is 5.82 Å². The van der Waals surface area contributed by atoms with Crippen molar-refractivity contribution in [1.29, 1.82) is 0 Å². The van der Waals surface area contributed by atoms with Crippen molar-refractivity contribution in [3.63, 3.8) is 0 Å². The van der Waals surface area contributed by atoms with E-state index in [1.54, 1.807) is 0 Å². The summed E-state index contributed by atoms with van der Waals surface area (Å²) < 4.78 is 5.87. The van der Waals surface area contributed by atoms with Gasteiger partial charge < -0.3 is 10.2 Å². The summed E-state index contributed by atoms with van der Waals surface area (Å²) in [5.41, 5.74) is 3.24. The molecule has 0 aliphatic heterocycles. The van der Waals surface area contributed by atoms with Crippen LogP contribution in [0.2, 0.25) is 0 Å². The molecule has 5 nitrogen and oxygen atoms in total. The number of aromatic nitrogens is 2. The van der Waals surface area contributed by atoms with Crippen molar-refractivity contribution in [2.45, 2.75) is 46.1 Å². The van der Waals surface area contributed by atoms with Crippen molar-refractivity contribution in [2.24, 2.45) is 5.84 Å². The molecule has 0 atom stereocenters. The lowest BCUT2D eigenvalue weighted by atomic mass is 10.1. The number of nitrogens with one attached hydrogen (secondary N) is 1. The average Bonchev–Trinajstić information content (AvgIpc) is 2.28. The highest BCUT2D eigenvalue weighted by molar-refractivity contribution is 5.47. The van der Waals surface area contributed by atoms with Gasteiger partial charge in [0.25, 0.3) is 0 Å². The first-order chi connectivity index (χ1) is 7.54. The first-order valence-corrected chi connectivity index (χ1v) is 5.53. The number of hydrogen-bond acceptors (Lipinski definition) is 5. The van der Waals surface area contributed by atoms with Crippen molar-refractivity contribution in [1.82, 2.24) is 9.97 Å². The monoisotopic (exact) mass is 224 g/mol. The fourth-order valence-corrected chi connectivity index (χ4v) is 1.26. The molecule has 90 valence electrons. The summed E-state index contributed by atoms with van der Waals surface area (Å²) in [6, 6.07) is 0. The maximum absolute atomic E-state index is 5.87. The Hall–Kier alpha value is -1.36. The summed E-state index contributed by atoms with van der Waals surface area (Å²) in [6.45, 7) is 8.16. The molecule has 0 aliphatic carbocycles. The lowest BCUT2D eigenvalue weighted by molar-refractivity contribution is 0.0975. The molecule has 0 saturated carbocycles. The van der Waals surface area contributed by atoms with Crippen LogP contribution in [0.5, 0.6) is 5.88 Å². The zero-order chi connectivity index (χ0) is 12.2. The van der Waals surface area contributed by atoms with Gasteiger partial charge in [-0.3, -0.25) is 0 Å². The van der Waals surface area contributed by atoms with Gasteiger partial charge in [0.2, 0.25) is 5.88 Å². The molecular formula is C11H20N4O. The first-order valence-electron chi connectivity index (χ1n) is 5.53. The number of nitrogen functional groups attached to an aromatic ring is 1. The lowest BCUT2D eigenvalue weighted by Crippen LogP contribution is -2.28. The van der Waals surface area contributed by atoms with Gasteiger partial charge in [0.05, 0.1) is 5.56 Å². The second kappa shape index (κ2) is 5.12. The molecule has 1 aromatic rings. The summed E-state index contributed by atoms with van der Waals surface area (Å²) >= 11 is 0.